The molecule has 0 aliphatic rings. The number of para-hydroxylation sites is 1. The topological polar surface area (TPSA) is 26.0 Å². The number of thioether (sulfide) groups is 1. The van der Waals surface area contributed by atoms with E-state index < -0.39 is 11.9 Å². The Kier molecular flexibility index (Phi) is 3.73. The van der Waals surface area contributed by atoms with Gasteiger partial charge in [-0.2, -0.15) is 8.78 Å². The molecule has 2 aromatic rings. The summed E-state index contributed by atoms with van der Waals surface area (Å²) in [6.07, 6.45) is -0.654. The van der Waals surface area contributed by atoms with Crippen molar-refractivity contribution in [1.29, 1.82) is 0 Å². The molecule has 2 rings (SSSR count). The third-order valence-electron chi connectivity index (χ3n) is 1.99. The van der Waals surface area contributed by atoms with Crippen LogP contribution in [0.4, 0.5) is 13.2 Å². The molecule has 0 N–H and O–H groups in total. The lowest BCUT2D eigenvalue weighted by molar-refractivity contribution is 0.418. The standard InChI is InChI=1S/C11H8F3NOS/c12-7-3-1-4-8-10(7)16-11(15-8)17-6-2-5-9(13)14/h1,3-5H,2,6H2. The first-order valence-electron chi connectivity index (χ1n) is 4.86. The minimum Gasteiger partial charge on any atom is -0.428 e. The summed E-state index contributed by atoms with van der Waals surface area (Å²) in [6, 6.07) is 4.45. The first-order valence-corrected chi connectivity index (χ1v) is 5.84. The maximum absolute atomic E-state index is 13.2. The highest BCUT2D eigenvalue weighted by molar-refractivity contribution is 7.99. The van der Waals surface area contributed by atoms with E-state index >= 15 is 0 Å². The molecule has 2 nitrogen and oxygen atoms in total. The summed E-state index contributed by atoms with van der Waals surface area (Å²) in [7, 11) is 0. The van der Waals surface area contributed by atoms with Crippen LogP contribution in [0.3, 0.4) is 0 Å². The Morgan fingerprint density at radius 3 is 2.94 bits per heavy atom. The molecule has 17 heavy (non-hydrogen) atoms. The van der Waals surface area contributed by atoms with Crippen molar-refractivity contribution in [2.75, 3.05) is 5.75 Å². The number of aromatic nitrogens is 1. The van der Waals surface area contributed by atoms with Crippen molar-refractivity contribution in [1.82, 2.24) is 4.98 Å². The second-order valence-corrected chi connectivity index (χ2v) is 4.24. The number of nitrogens with zero attached hydrogens (tertiary/aromatic N) is 1. The van der Waals surface area contributed by atoms with Crippen molar-refractivity contribution in [3.8, 4) is 0 Å². The van der Waals surface area contributed by atoms with E-state index in [-0.39, 0.29) is 17.2 Å². The maximum Gasteiger partial charge on any atom is 0.266 e. The molecule has 0 radical (unpaired) electrons. The Hall–Kier alpha value is -1.43. The molecule has 0 atom stereocenters. The highest BCUT2D eigenvalue weighted by atomic mass is 32.2. The third kappa shape index (κ3) is 3.03. The fraction of sp³-hybridized carbons (Fsp3) is 0.182. The van der Waals surface area contributed by atoms with Gasteiger partial charge in [0.2, 0.25) is 0 Å². The lowest BCUT2D eigenvalue weighted by atomic mass is 10.3. The highest BCUT2D eigenvalue weighted by Crippen LogP contribution is 2.25. The monoisotopic (exact) mass is 259 g/mol. The summed E-state index contributed by atoms with van der Waals surface area (Å²) < 4.78 is 41.9. The van der Waals surface area contributed by atoms with Crippen LogP contribution in [-0.2, 0) is 0 Å². The molecule has 1 heterocycles. The van der Waals surface area contributed by atoms with E-state index in [1.807, 2.05) is 0 Å². The van der Waals surface area contributed by atoms with Crippen molar-refractivity contribution >= 4 is 22.9 Å². The fourth-order valence-electron chi connectivity index (χ4n) is 1.27. The molecule has 0 saturated heterocycles. The molecule has 1 aromatic carbocycles. The molecule has 0 fully saturated rings. The van der Waals surface area contributed by atoms with Crippen LogP contribution < -0.4 is 0 Å². The summed E-state index contributed by atoms with van der Waals surface area (Å²) in [4.78, 5) is 4.04. The van der Waals surface area contributed by atoms with Crippen molar-refractivity contribution < 1.29 is 17.6 Å². The molecule has 0 spiro atoms. The van der Waals surface area contributed by atoms with E-state index in [9.17, 15) is 13.2 Å². The Balaban J connectivity index is 2.05. The predicted octanol–water partition coefficient (Wildman–Crippen LogP) is 4.23. The summed E-state index contributed by atoms with van der Waals surface area (Å²) in [6.45, 7) is 0. The average molecular weight is 259 g/mol. The van der Waals surface area contributed by atoms with Crippen molar-refractivity contribution in [3.63, 3.8) is 0 Å². The predicted molar refractivity (Wildman–Crippen MR) is 59.6 cm³/mol. The Morgan fingerprint density at radius 1 is 1.41 bits per heavy atom. The molecular formula is C11H8F3NOS. The van der Waals surface area contributed by atoms with Crippen LogP contribution in [0, 0.1) is 5.82 Å². The second-order valence-electron chi connectivity index (χ2n) is 3.20. The van der Waals surface area contributed by atoms with Gasteiger partial charge in [0.25, 0.3) is 11.3 Å². The summed E-state index contributed by atoms with van der Waals surface area (Å²) >= 11 is 1.17. The van der Waals surface area contributed by atoms with E-state index in [1.54, 1.807) is 6.07 Å². The number of halogens is 3. The summed E-state index contributed by atoms with van der Waals surface area (Å²) in [5, 5.41) is 0.290. The molecule has 90 valence electrons. The van der Waals surface area contributed by atoms with Crippen LogP contribution in [-0.4, -0.2) is 10.7 Å². The molecule has 0 aliphatic heterocycles. The Morgan fingerprint density at radius 2 is 2.24 bits per heavy atom. The zero-order valence-electron chi connectivity index (χ0n) is 8.62. The number of hydrogen-bond donors (Lipinski definition) is 0. The Labute approximate surface area is 99.5 Å². The molecule has 0 unspecified atom stereocenters. The number of allylic oxidation sites excluding steroid dienone is 1. The molecule has 0 bridgehead atoms. The van der Waals surface area contributed by atoms with Gasteiger partial charge in [0.05, 0.1) is 0 Å². The van der Waals surface area contributed by atoms with Gasteiger partial charge in [-0.3, -0.25) is 0 Å². The number of hydrogen-bond acceptors (Lipinski definition) is 3. The average Bonchev–Trinajstić information content (AvgIpc) is 2.69. The van der Waals surface area contributed by atoms with E-state index in [0.717, 1.165) is 6.08 Å². The molecule has 6 heteroatoms. The number of fused-ring (bicyclic) bond motifs is 1. The molecule has 0 aliphatic carbocycles. The van der Waals surface area contributed by atoms with Crippen LogP contribution >= 0.6 is 11.8 Å². The number of benzene rings is 1. The zero-order valence-corrected chi connectivity index (χ0v) is 9.44. The van der Waals surface area contributed by atoms with Gasteiger partial charge in [-0.15, -0.1) is 0 Å². The van der Waals surface area contributed by atoms with Gasteiger partial charge in [-0.25, -0.2) is 9.37 Å². The number of rotatable bonds is 4. The normalized spacial score (nSPS) is 10.8. The molecule has 1 aromatic heterocycles. The third-order valence-corrected chi connectivity index (χ3v) is 2.85. The highest BCUT2D eigenvalue weighted by Gasteiger charge is 2.09. The first kappa shape index (κ1) is 12.0. The van der Waals surface area contributed by atoms with Gasteiger partial charge in [0.15, 0.2) is 11.4 Å². The van der Waals surface area contributed by atoms with Crippen LogP contribution in [0.2, 0.25) is 0 Å². The van der Waals surface area contributed by atoms with Gasteiger partial charge < -0.3 is 4.42 Å². The smallest absolute Gasteiger partial charge is 0.266 e. The van der Waals surface area contributed by atoms with Gasteiger partial charge >= 0.3 is 0 Å². The van der Waals surface area contributed by atoms with Crippen molar-refractivity contribution in [2.24, 2.45) is 0 Å². The quantitative estimate of drug-likeness (QED) is 0.607. The van der Waals surface area contributed by atoms with Crippen LogP contribution in [0.25, 0.3) is 11.1 Å². The second kappa shape index (κ2) is 5.27. The van der Waals surface area contributed by atoms with Gasteiger partial charge in [-0.05, 0) is 24.6 Å². The van der Waals surface area contributed by atoms with Crippen molar-refractivity contribution in [3.05, 3.63) is 36.2 Å². The lowest BCUT2D eigenvalue weighted by Gasteiger charge is -1.91. The zero-order chi connectivity index (χ0) is 12.3. The van der Waals surface area contributed by atoms with Gasteiger partial charge in [0, 0.05) is 5.75 Å². The molecule has 0 saturated carbocycles. The van der Waals surface area contributed by atoms with Crippen LogP contribution in [0.5, 0.6) is 0 Å². The fourth-order valence-corrected chi connectivity index (χ4v) is 1.99. The minimum atomic E-state index is -1.70. The summed E-state index contributed by atoms with van der Waals surface area (Å²) in [5.41, 5.74) is 0.530. The Bertz CT molecular complexity index is 549. The SMILES string of the molecule is FC(F)=CCCSc1nc2cccc(F)c2o1. The minimum absolute atomic E-state index is 0.0993. The van der Waals surface area contributed by atoms with Gasteiger partial charge in [-0.1, -0.05) is 17.8 Å². The van der Waals surface area contributed by atoms with Crippen molar-refractivity contribution in [2.45, 2.75) is 11.6 Å². The lowest BCUT2D eigenvalue weighted by Crippen LogP contribution is -1.76. The largest absolute Gasteiger partial charge is 0.428 e. The van der Waals surface area contributed by atoms with Crippen LogP contribution in [0.1, 0.15) is 6.42 Å². The maximum atomic E-state index is 13.2. The molecule has 0 amide bonds. The van der Waals surface area contributed by atoms with E-state index in [4.69, 9.17) is 4.42 Å². The van der Waals surface area contributed by atoms with E-state index in [1.165, 1.54) is 23.9 Å². The number of oxazole rings is 1. The van der Waals surface area contributed by atoms with E-state index in [2.05, 4.69) is 4.98 Å². The van der Waals surface area contributed by atoms with Crippen LogP contribution in [0.15, 0.2) is 40.0 Å². The van der Waals surface area contributed by atoms with Gasteiger partial charge in [0.1, 0.15) is 5.52 Å². The summed E-state index contributed by atoms with van der Waals surface area (Å²) in [5.74, 6) is -0.0669. The molecular weight excluding hydrogens is 251 g/mol. The van der Waals surface area contributed by atoms with E-state index in [0.29, 0.717) is 11.3 Å². The first-order chi connectivity index (χ1) is 8.16.